The molecule has 0 aliphatic rings. The summed E-state index contributed by atoms with van der Waals surface area (Å²) in [6.45, 7) is 3.79. The minimum Gasteiger partial charge on any atom is -0.480 e. The quantitative estimate of drug-likeness (QED) is 0.796. The molecule has 7 heteroatoms. The van der Waals surface area contributed by atoms with Crippen LogP contribution < -0.4 is 5.32 Å². The molecule has 16 heavy (non-hydrogen) atoms. The molecule has 0 aliphatic heterocycles. The fourth-order valence-corrected chi connectivity index (χ4v) is 1.62. The number of rotatable bonds is 5. The minimum absolute atomic E-state index is 0.153. The van der Waals surface area contributed by atoms with Crippen LogP contribution in [-0.4, -0.2) is 32.6 Å². The molecular weight excluding hydrogens is 230 g/mol. The van der Waals surface area contributed by atoms with Gasteiger partial charge in [0.25, 0.3) is 5.91 Å². The van der Waals surface area contributed by atoms with Gasteiger partial charge in [-0.1, -0.05) is 18.3 Å². The standard InChI is InChI=1S/C9H13N3O3S/c1-5(2)3-6(9(14)15)10-8(13)7-4-16-12-11-7/h4-6H,3H2,1-2H3,(H,10,13)(H,14,15)/t6-/m1/s1. The molecular formula is C9H13N3O3S. The molecule has 1 heterocycles. The van der Waals surface area contributed by atoms with E-state index in [-0.39, 0.29) is 11.6 Å². The van der Waals surface area contributed by atoms with Gasteiger partial charge < -0.3 is 10.4 Å². The third-order valence-electron chi connectivity index (χ3n) is 1.90. The van der Waals surface area contributed by atoms with Crippen LogP contribution >= 0.6 is 11.5 Å². The van der Waals surface area contributed by atoms with E-state index in [1.54, 1.807) is 0 Å². The second-order valence-corrected chi connectivity index (χ2v) is 4.39. The van der Waals surface area contributed by atoms with Crippen LogP contribution in [0.4, 0.5) is 0 Å². The molecule has 0 unspecified atom stereocenters. The molecule has 6 nitrogen and oxygen atoms in total. The van der Waals surface area contributed by atoms with Gasteiger partial charge >= 0.3 is 5.97 Å². The zero-order valence-electron chi connectivity index (χ0n) is 9.01. The first-order chi connectivity index (χ1) is 7.50. The Balaban J connectivity index is 2.62. The lowest BCUT2D eigenvalue weighted by molar-refractivity contribution is -0.139. The summed E-state index contributed by atoms with van der Waals surface area (Å²) in [5.74, 6) is -1.35. The van der Waals surface area contributed by atoms with Crippen molar-refractivity contribution in [1.29, 1.82) is 0 Å². The van der Waals surface area contributed by atoms with Gasteiger partial charge in [-0.15, -0.1) is 5.10 Å². The number of nitrogens with zero attached hydrogens (tertiary/aromatic N) is 2. The number of amides is 1. The van der Waals surface area contributed by atoms with E-state index < -0.39 is 17.9 Å². The second kappa shape index (κ2) is 5.55. The Morgan fingerprint density at radius 1 is 1.56 bits per heavy atom. The SMILES string of the molecule is CC(C)C[C@@H](NC(=O)c1csnn1)C(=O)O. The molecule has 0 saturated heterocycles. The summed E-state index contributed by atoms with van der Waals surface area (Å²) in [4.78, 5) is 22.4. The molecule has 1 aromatic heterocycles. The Labute approximate surface area is 96.8 Å². The lowest BCUT2D eigenvalue weighted by Gasteiger charge is -2.15. The number of hydrogen-bond acceptors (Lipinski definition) is 5. The number of hydrogen-bond donors (Lipinski definition) is 2. The average molecular weight is 243 g/mol. The maximum absolute atomic E-state index is 11.5. The molecule has 0 bridgehead atoms. The topological polar surface area (TPSA) is 92.2 Å². The fourth-order valence-electron chi connectivity index (χ4n) is 1.19. The zero-order valence-corrected chi connectivity index (χ0v) is 9.82. The van der Waals surface area contributed by atoms with E-state index in [1.807, 2.05) is 13.8 Å². The van der Waals surface area contributed by atoms with Gasteiger partial charge in [0.2, 0.25) is 0 Å². The molecule has 0 fully saturated rings. The van der Waals surface area contributed by atoms with Crippen molar-refractivity contribution in [3.63, 3.8) is 0 Å². The molecule has 0 saturated carbocycles. The molecule has 2 N–H and O–H groups in total. The molecule has 0 aromatic carbocycles. The van der Waals surface area contributed by atoms with E-state index in [0.717, 1.165) is 11.5 Å². The molecule has 0 spiro atoms. The van der Waals surface area contributed by atoms with Crippen LogP contribution in [0.2, 0.25) is 0 Å². The number of carbonyl (C=O) groups is 2. The number of carboxylic acids is 1. The van der Waals surface area contributed by atoms with E-state index in [2.05, 4.69) is 14.9 Å². The van der Waals surface area contributed by atoms with Gasteiger partial charge in [0.05, 0.1) is 0 Å². The summed E-state index contributed by atoms with van der Waals surface area (Å²) >= 11 is 1.05. The van der Waals surface area contributed by atoms with Gasteiger partial charge in [-0.05, 0) is 23.9 Å². The van der Waals surface area contributed by atoms with Gasteiger partial charge in [0, 0.05) is 5.38 Å². The summed E-state index contributed by atoms with van der Waals surface area (Å²) < 4.78 is 3.54. The first-order valence-corrected chi connectivity index (χ1v) is 5.65. The molecule has 1 aromatic rings. The van der Waals surface area contributed by atoms with Crippen molar-refractivity contribution in [2.75, 3.05) is 0 Å². The molecule has 0 radical (unpaired) electrons. The highest BCUT2D eigenvalue weighted by atomic mass is 32.1. The van der Waals surface area contributed by atoms with Crippen molar-refractivity contribution in [1.82, 2.24) is 14.9 Å². The Hall–Kier alpha value is -1.50. The average Bonchev–Trinajstić information content (AvgIpc) is 2.68. The molecule has 1 amide bonds. The van der Waals surface area contributed by atoms with Crippen LogP contribution in [0, 0.1) is 5.92 Å². The third-order valence-corrected chi connectivity index (χ3v) is 2.41. The summed E-state index contributed by atoms with van der Waals surface area (Å²) in [7, 11) is 0. The van der Waals surface area contributed by atoms with E-state index in [4.69, 9.17) is 5.11 Å². The van der Waals surface area contributed by atoms with Gasteiger partial charge in [-0.3, -0.25) is 4.79 Å². The summed E-state index contributed by atoms with van der Waals surface area (Å²) in [5, 5.41) is 16.4. The highest BCUT2D eigenvalue weighted by Crippen LogP contribution is 2.06. The van der Waals surface area contributed by atoms with E-state index >= 15 is 0 Å². The molecule has 1 atom stereocenters. The van der Waals surface area contributed by atoms with Crippen molar-refractivity contribution in [3.05, 3.63) is 11.1 Å². The lowest BCUT2D eigenvalue weighted by Crippen LogP contribution is -2.41. The lowest BCUT2D eigenvalue weighted by atomic mass is 10.0. The van der Waals surface area contributed by atoms with Gasteiger partial charge in [-0.2, -0.15) is 0 Å². The van der Waals surface area contributed by atoms with Gasteiger partial charge in [0.15, 0.2) is 5.69 Å². The van der Waals surface area contributed by atoms with Crippen LogP contribution in [0.15, 0.2) is 5.38 Å². The molecule has 1 rings (SSSR count). The first kappa shape index (κ1) is 12.6. The van der Waals surface area contributed by atoms with E-state index in [9.17, 15) is 9.59 Å². The first-order valence-electron chi connectivity index (χ1n) is 4.81. The zero-order chi connectivity index (χ0) is 12.1. The van der Waals surface area contributed by atoms with Crippen molar-refractivity contribution in [2.45, 2.75) is 26.3 Å². The van der Waals surface area contributed by atoms with E-state index in [1.165, 1.54) is 5.38 Å². The van der Waals surface area contributed by atoms with Crippen LogP contribution in [-0.2, 0) is 4.79 Å². The summed E-state index contributed by atoms with van der Waals surface area (Å²) in [6.07, 6.45) is 0.388. The van der Waals surface area contributed by atoms with Gasteiger partial charge in [0.1, 0.15) is 6.04 Å². The van der Waals surface area contributed by atoms with Crippen LogP contribution in [0.3, 0.4) is 0 Å². The fraction of sp³-hybridized carbons (Fsp3) is 0.556. The predicted molar refractivity (Wildman–Crippen MR) is 58.3 cm³/mol. The normalized spacial score (nSPS) is 12.4. The van der Waals surface area contributed by atoms with Crippen LogP contribution in [0.25, 0.3) is 0 Å². The van der Waals surface area contributed by atoms with Crippen molar-refractivity contribution < 1.29 is 14.7 Å². The number of carboxylic acid groups (broad SMARTS) is 1. The number of aliphatic carboxylic acids is 1. The Morgan fingerprint density at radius 2 is 2.25 bits per heavy atom. The van der Waals surface area contributed by atoms with Crippen molar-refractivity contribution in [2.24, 2.45) is 5.92 Å². The van der Waals surface area contributed by atoms with Gasteiger partial charge in [-0.25, -0.2) is 4.79 Å². The summed E-state index contributed by atoms with van der Waals surface area (Å²) in [6, 6.07) is -0.880. The number of nitrogens with one attached hydrogen (secondary N) is 1. The maximum Gasteiger partial charge on any atom is 0.326 e. The Bertz CT molecular complexity index is 364. The van der Waals surface area contributed by atoms with Crippen LogP contribution in [0.1, 0.15) is 30.8 Å². The highest BCUT2D eigenvalue weighted by Gasteiger charge is 2.22. The largest absolute Gasteiger partial charge is 0.480 e. The Morgan fingerprint density at radius 3 is 2.69 bits per heavy atom. The maximum atomic E-state index is 11.5. The second-order valence-electron chi connectivity index (χ2n) is 3.78. The van der Waals surface area contributed by atoms with Crippen molar-refractivity contribution >= 4 is 23.4 Å². The third kappa shape index (κ3) is 3.58. The molecule has 88 valence electrons. The number of carbonyl (C=O) groups excluding carboxylic acids is 1. The minimum atomic E-state index is -1.04. The smallest absolute Gasteiger partial charge is 0.326 e. The van der Waals surface area contributed by atoms with E-state index in [0.29, 0.717) is 6.42 Å². The van der Waals surface area contributed by atoms with Crippen LogP contribution in [0.5, 0.6) is 0 Å². The molecule has 0 aliphatic carbocycles. The predicted octanol–water partition coefficient (Wildman–Crippen LogP) is 0.767. The van der Waals surface area contributed by atoms with Crippen molar-refractivity contribution in [3.8, 4) is 0 Å². The summed E-state index contributed by atoms with van der Waals surface area (Å²) in [5.41, 5.74) is 0.153. The Kier molecular flexibility index (Phi) is 4.36. The highest BCUT2D eigenvalue weighted by molar-refractivity contribution is 7.03. The monoisotopic (exact) mass is 243 g/mol. The number of aromatic nitrogens is 2.